The number of alkyl halides is 3. The molecule has 1 aliphatic heterocycles. The van der Waals surface area contributed by atoms with Gasteiger partial charge in [-0.25, -0.2) is 4.98 Å². The van der Waals surface area contributed by atoms with E-state index in [9.17, 15) is 22.8 Å². The Bertz CT molecular complexity index is 862. The smallest absolute Gasteiger partial charge is 0.378 e. The van der Waals surface area contributed by atoms with Gasteiger partial charge in [0, 0.05) is 18.7 Å². The molecule has 0 saturated carbocycles. The van der Waals surface area contributed by atoms with Gasteiger partial charge in [0.2, 0.25) is 0 Å². The van der Waals surface area contributed by atoms with Gasteiger partial charge in [0.1, 0.15) is 4.88 Å². The molecule has 2 heterocycles. The first kappa shape index (κ1) is 20.1. The Hall–Kier alpha value is -2.66. The first-order valence-corrected chi connectivity index (χ1v) is 9.15. The zero-order valence-corrected chi connectivity index (χ0v) is 15.6. The second-order valence-electron chi connectivity index (χ2n) is 5.99. The van der Waals surface area contributed by atoms with Crippen molar-refractivity contribution >= 4 is 28.3 Å². The van der Waals surface area contributed by atoms with Crippen molar-refractivity contribution < 1.29 is 27.5 Å². The van der Waals surface area contributed by atoms with Crippen LogP contribution < -0.4 is 15.8 Å². The number of morpholine rings is 1. The third kappa shape index (κ3) is 4.60. The zero-order chi connectivity index (χ0) is 20.3. The maximum atomic E-state index is 12.6. The van der Waals surface area contributed by atoms with Crippen molar-refractivity contribution in [2.75, 3.05) is 31.2 Å². The molecule has 28 heavy (non-hydrogen) atoms. The summed E-state index contributed by atoms with van der Waals surface area (Å²) < 4.78 is 43.0. The summed E-state index contributed by atoms with van der Waals surface area (Å²) in [6.07, 6.45) is -4.48. The van der Waals surface area contributed by atoms with Crippen LogP contribution in [0.15, 0.2) is 24.3 Å². The lowest BCUT2D eigenvalue weighted by Crippen LogP contribution is -2.41. The van der Waals surface area contributed by atoms with Crippen molar-refractivity contribution in [2.45, 2.75) is 13.1 Å². The van der Waals surface area contributed by atoms with E-state index in [1.54, 1.807) is 6.92 Å². The van der Waals surface area contributed by atoms with E-state index in [0.717, 1.165) is 24.3 Å². The molecular formula is C17H17F3N4O3S. The summed E-state index contributed by atoms with van der Waals surface area (Å²) in [6.45, 7) is 4.22. The van der Waals surface area contributed by atoms with E-state index in [-0.39, 0.29) is 5.56 Å². The number of hydrazine groups is 1. The minimum absolute atomic E-state index is 0.0108. The quantitative estimate of drug-likeness (QED) is 0.754. The lowest BCUT2D eigenvalue weighted by atomic mass is 10.1. The molecule has 0 bridgehead atoms. The molecule has 0 spiro atoms. The molecule has 2 aromatic rings. The molecule has 0 unspecified atom stereocenters. The molecule has 1 aromatic heterocycles. The van der Waals surface area contributed by atoms with Gasteiger partial charge in [-0.05, 0) is 31.2 Å². The van der Waals surface area contributed by atoms with Gasteiger partial charge in [-0.3, -0.25) is 20.4 Å². The van der Waals surface area contributed by atoms with E-state index >= 15 is 0 Å². The number of carbonyl (C=O) groups is 2. The molecule has 150 valence electrons. The summed E-state index contributed by atoms with van der Waals surface area (Å²) in [5.74, 6) is -1.27. The maximum Gasteiger partial charge on any atom is 0.416 e. The Morgan fingerprint density at radius 2 is 1.71 bits per heavy atom. The SMILES string of the molecule is Cc1nc(N2CCOCC2)sc1C(=O)NNC(=O)c1ccc(C(F)(F)F)cc1. The number of hydrogen-bond donors (Lipinski definition) is 2. The summed E-state index contributed by atoms with van der Waals surface area (Å²) in [7, 11) is 0. The van der Waals surface area contributed by atoms with Crippen LogP contribution in [-0.4, -0.2) is 43.1 Å². The third-order valence-corrected chi connectivity index (χ3v) is 5.25. The van der Waals surface area contributed by atoms with Gasteiger partial charge in [0.05, 0.1) is 24.5 Å². The van der Waals surface area contributed by atoms with Crippen LogP contribution in [0.5, 0.6) is 0 Å². The highest BCUT2D eigenvalue weighted by Crippen LogP contribution is 2.29. The number of aromatic nitrogens is 1. The number of ether oxygens (including phenoxy) is 1. The second kappa shape index (κ2) is 8.15. The number of anilines is 1. The molecule has 0 radical (unpaired) electrons. The number of hydrogen-bond acceptors (Lipinski definition) is 6. The maximum absolute atomic E-state index is 12.6. The van der Waals surface area contributed by atoms with E-state index in [4.69, 9.17) is 4.74 Å². The predicted octanol–water partition coefficient (Wildman–Crippen LogP) is 2.38. The van der Waals surface area contributed by atoms with Gasteiger partial charge in [-0.2, -0.15) is 13.2 Å². The Morgan fingerprint density at radius 3 is 2.32 bits per heavy atom. The number of nitrogens with zero attached hydrogens (tertiary/aromatic N) is 2. The molecular weight excluding hydrogens is 397 g/mol. The van der Waals surface area contributed by atoms with Crippen LogP contribution >= 0.6 is 11.3 Å². The number of nitrogens with one attached hydrogen (secondary N) is 2. The van der Waals surface area contributed by atoms with Crippen molar-refractivity contribution in [1.29, 1.82) is 0 Å². The van der Waals surface area contributed by atoms with Gasteiger partial charge in [0.15, 0.2) is 5.13 Å². The van der Waals surface area contributed by atoms with E-state index in [1.807, 2.05) is 4.90 Å². The van der Waals surface area contributed by atoms with E-state index in [1.165, 1.54) is 11.3 Å². The first-order valence-electron chi connectivity index (χ1n) is 8.34. The molecule has 3 rings (SSSR count). The summed E-state index contributed by atoms with van der Waals surface area (Å²) >= 11 is 1.20. The van der Waals surface area contributed by atoms with E-state index in [0.29, 0.717) is 42.0 Å². The molecule has 2 N–H and O–H groups in total. The Kier molecular flexibility index (Phi) is 5.84. The summed E-state index contributed by atoms with van der Waals surface area (Å²) in [6, 6.07) is 3.69. The fraction of sp³-hybridized carbons (Fsp3) is 0.353. The topological polar surface area (TPSA) is 83.6 Å². The normalized spacial score (nSPS) is 14.6. The molecule has 0 aliphatic carbocycles. The molecule has 1 saturated heterocycles. The van der Waals surface area contributed by atoms with Crippen LogP contribution in [-0.2, 0) is 10.9 Å². The Balaban J connectivity index is 1.60. The van der Waals surface area contributed by atoms with Gasteiger partial charge < -0.3 is 9.64 Å². The van der Waals surface area contributed by atoms with Crippen molar-refractivity contribution in [3.8, 4) is 0 Å². The number of rotatable bonds is 3. The predicted molar refractivity (Wildman–Crippen MR) is 96.3 cm³/mol. The Morgan fingerprint density at radius 1 is 1.11 bits per heavy atom. The average Bonchev–Trinajstić information content (AvgIpc) is 3.08. The Labute approximate surface area is 162 Å². The van der Waals surface area contributed by atoms with Crippen molar-refractivity contribution in [2.24, 2.45) is 0 Å². The van der Waals surface area contributed by atoms with Gasteiger partial charge in [-0.1, -0.05) is 11.3 Å². The molecule has 7 nitrogen and oxygen atoms in total. The van der Waals surface area contributed by atoms with E-state index in [2.05, 4.69) is 15.8 Å². The zero-order valence-electron chi connectivity index (χ0n) is 14.8. The van der Waals surface area contributed by atoms with Gasteiger partial charge >= 0.3 is 6.18 Å². The number of aryl methyl sites for hydroxylation is 1. The molecule has 0 atom stereocenters. The summed E-state index contributed by atoms with van der Waals surface area (Å²) in [5.41, 5.74) is 4.12. The van der Waals surface area contributed by atoms with Crippen LogP contribution in [0.2, 0.25) is 0 Å². The largest absolute Gasteiger partial charge is 0.416 e. The lowest BCUT2D eigenvalue weighted by molar-refractivity contribution is -0.137. The van der Waals surface area contributed by atoms with E-state index < -0.39 is 23.6 Å². The summed E-state index contributed by atoms with van der Waals surface area (Å²) in [5, 5.41) is 0.694. The minimum atomic E-state index is -4.48. The van der Waals surface area contributed by atoms with Crippen LogP contribution in [0.4, 0.5) is 18.3 Å². The molecule has 1 aromatic carbocycles. The van der Waals surface area contributed by atoms with Crippen LogP contribution in [0.1, 0.15) is 31.3 Å². The summed E-state index contributed by atoms with van der Waals surface area (Å²) in [4.78, 5) is 31.1. The van der Waals surface area contributed by atoms with Gasteiger partial charge in [-0.15, -0.1) is 0 Å². The van der Waals surface area contributed by atoms with Crippen LogP contribution in [0.3, 0.4) is 0 Å². The van der Waals surface area contributed by atoms with Crippen LogP contribution in [0.25, 0.3) is 0 Å². The molecule has 2 amide bonds. The monoisotopic (exact) mass is 414 g/mol. The number of benzene rings is 1. The van der Waals surface area contributed by atoms with Crippen molar-refractivity contribution in [1.82, 2.24) is 15.8 Å². The number of thiazole rings is 1. The highest BCUT2D eigenvalue weighted by atomic mass is 32.1. The van der Waals surface area contributed by atoms with Gasteiger partial charge in [0.25, 0.3) is 11.8 Å². The van der Waals surface area contributed by atoms with Crippen molar-refractivity contribution in [3.05, 3.63) is 46.0 Å². The number of halogens is 3. The fourth-order valence-electron chi connectivity index (χ4n) is 2.54. The number of amides is 2. The molecule has 11 heteroatoms. The highest BCUT2D eigenvalue weighted by Gasteiger charge is 2.30. The minimum Gasteiger partial charge on any atom is -0.378 e. The first-order chi connectivity index (χ1) is 13.3. The third-order valence-electron chi connectivity index (χ3n) is 4.04. The lowest BCUT2D eigenvalue weighted by Gasteiger charge is -2.25. The molecule has 1 fully saturated rings. The average molecular weight is 414 g/mol. The number of carbonyl (C=O) groups excluding carboxylic acids is 2. The molecule has 1 aliphatic rings. The fourth-order valence-corrected chi connectivity index (χ4v) is 3.55. The second-order valence-corrected chi connectivity index (χ2v) is 6.97. The van der Waals surface area contributed by atoms with Crippen LogP contribution in [0, 0.1) is 6.92 Å². The highest BCUT2D eigenvalue weighted by molar-refractivity contribution is 7.17. The van der Waals surface area contributed by atoms with Crippen molar-refractivity contribution in [3.63, 3.8) is 0 Å². The standard InChI is InChI=1S/C17H17F3N4O3S/c1-10-13(28-16(21-10)24-6-8-27-9-7-24)15(26)23-22-14(25)11-2-4-12(5-3-11)17(18,19)20/h2-5H,6-9H2,1H3,(H,22,25)(H,23,26).